The lowest BCUT2D eigenvalue weighted by molar-refractivity contribution is 0.0951. The first kappa shape index (κ1) is 11.5. The van der Waals surface area contributed by atoms with Crippen molar-refractivity contribution in [1.82, 2.24) is 30.5 Å². The van der Waals surface area contributed by atoms with Crippen LogP contribution in [0.15, 0.2) is 12.4 Å². The van der Waals surface area contributed by atoms with Gasteiger partial charge in [0.15, 0.2) is 0 Å². The smallest absolute Gasteiger partial charge is 0.282 e. The predicted octanol–water partition coefficient (Wildman–Crippen LogP) is -0.468. The third-order valence-corrected chi connectivity index (χ3v) is 2.71. The monoisotopic (exact) mass is 253 g/mol. The topological polar surface area (TPSA) is 112 Å². The van der Waals surface area contributed by atoms with Gasteiger partial charge in [-0.25, -0.2) is 0 Å². The Morgan fingerprint density at radius 2 is 2.41 bits per heavy atom. The highest BCUT2D eigenvalue weighted by Crippen LogP contribution is 2.10. The van der Waals surface area contributed by atoms with Gasteiger partial charge in [-0.05, 0) is 6.42 Å². The van der Waals surface area contributed by atoms with Crippen LogP contribution >= 0.6 is 11.3 Å². The molecule has 9 heteroatoms. The number of nitrogens with zero attached hydrogens (tertiary/aromatic N) is 5. The van der Waals surface area contributed by atoms with E-state index in [0.717, 1.165) is 17.8 Å². The maximum atomic E-state index is 11.5. The van der Waals surface area contributed by atoms with Crippen molar-refractivity contribution in [1.29, 1.82) is 0 Å². The van der Waals surface area contributed by atoms with E-state index in [1.807, 2.05) is 0 Å². The molecule has 0 fully saturated rings. The van der Waals surface area contributed by atoms with Crippen molar-refractivity contribution in [2.24, 2.45) is 0 Å². The van der Waals surface area contributed by atoms with Crippen LogP contribution in [-0.2, 0) is 6.54 Å². The quantitative estimate of drug-likeness (QED) is 0.697. The zero-order chi connectivity index (χ0) is 12.1. The number of rotatable bonds is 5. The normalized spacial score (nSPS) is 10.4. The van der Waals surface area contributed by atoms with Crippen LogP contribution in [0.1, 0.15) is 16.2 Å². The molecule has 2 rings (SSSR count). The van der Waals surface area contributed by atoms with Gasteiger partial charge in [0.2, 0.25) is 10.1 Å². The van der Waals surface area contributed by atoms with Crippen LogP contribution in [0.5, 0.6) is 0 Å². The highest BCUT2D eigenvalue weighted by atomic mass is 32.1. The van der Waals surface area contributed by atoms with Gasteiger partial charge in [-0.3, -0.25) is 9.48 Å². The minimum atomic E-state index is -0.252. The van der Waals surface area contributed by atoms with Gasteiger partial charge in [-0.1, -0.05) is 16.6 Å². The lowest BCUT2D eigenvalue weighted by atomic mass is 10.4. The number of carbonyl (C=O) groups excluding carboxylic acids is 1. The molecule has 2 aromatic heterocycles. The van der Waals surface area contributed by atoms with Gasteiger partial charge in [0.05, 0.1) is 6.20 Å². The maximum Gasteiger partial charge on any atom is 0.282 e. The van der Waals surface area contributed by atoms with Crippen molar-refractivity contribution in [2.45, 2.75) is 13.0 Å². The first-order valence-electron chi connectivity index (χ1n) is 4.97. The van der Waals surface area contributed by atoms with Crippen LogP contribution in [0.2, 0.25) is 0 Å². The number of anilines is 1. The number of aryl methyl sites for hydroxylation is 1. The summed E-state index contributed by atoms with van der Waals surface area (Å²) in [5.74, 6) is -0.252. The molecule has 0 radical (unpaired) electrons. The highest BCUT2D eigenvalue weighted by molar-refractivity contribution is 7.16. The molecule has 0 aliphatic rings. The summed E-state index contributed by atoms with van der Waals surface area (Å²) < 4.78 is 1.70. The summed E-state index contributed by atoms with van der Waals surface area (Å²) in [6.07, 6.45) is 4.15. The molecule has 0 saturated carbocycles. The number of nitrogens with two attached hydrogens (primary N) is 1. The second kappa shape index (κ2) is 5.34. The average Bonchev–Trinajstić information content (AvgIpc) is 2.95. The summed E-state index contributed by atoms with van der Waals surface area (Å²) in [7, 11) is 0. The molecule has 17 heavy (non-hydrogen) atoms. The lowest BCUT2D eigenvalue weighted by Crippen LogP contribution is -2.25. The molecule has 0 bridgehead atoms. The van der Waals surface area contributed by atoms with E-state index in [4.69, 9.17) is 5.73 Å². The van der Waals surface area contributed by atoms with E-state index >= 15 is 0 Å². The number of hydrogen-bond acceptors (Lipinski definition) is 7. The fourth-order valence-corrected chi connectivity index (χ4v) is 1.72. The third kappa shape index (κ3) is 3.21. The Morgan fingerprint density at radius 1 is 1.53 bits per heavy atom. The Bertz CT molecular complexity index is 480. The standard InChI is InChI=1S/C8H11N7OS/c9-8-13-12-7(17-8)6(16)10-2-1-4-15-5-3-11-14-15/h3,5H,1-2,4H2,(H2,9,13)(H,10,16). The number of aromatic nitrogens is 5. The Balaban J connectivity index is 1.70. The Hall–Kier alpha value is -2.03. The first-order valence-corrected chi connectivity index (χ1v) is 5.78. The molecular formula is C8H11N7OS. The van der Waals surface area contributed by atoms with Crippen LogP contribution in [0, 0.1) is 0 Å². The fourth-order valence-electron chi connectivity index (χ4n) is 1.20. The van der Waals surface area contributed by atoms with Crippen molar-refractivity contribution < 1.29 is 4.79 Å². The molecule has 0 saturated heterocycles. The van der Waals surface area contributed by atoms with Gasteiger partial charge in [-0.2, -0.15) is 0 Å². The van der Waals surface area contributed by atoms with Crippen molar-refractivity contribution >= 4 is 22.4 Å². The minimum absolute atomic E-state index is 0.252. The molecule has 0 aliphatic heterocycles. The van der Waals surface area contributed by atoms with Crippen LogP contribution < -0.4 is 11.1 Å². The van der Waals surface area contributed by atoms with Crippen LogP contribution in [0.25, 0.3) is 0 Å². The van der Waals surface area contributed by atoms with Gasteiger partial charge in [-0.15, -0.1) is 15.3 Å². The van der Waals surface area contributed by atoms with Crippen molar-refractivity contribution in [3.8, 4) is 0 Å². The molecule has 0 unspecified atom stereocenters. The number of carbonyl (C=O) groups is 1. The Kier molecular flexibility index (Phi) is 3.60. The molecule has 0 atom stereocenters. The molecule has 0 spiro atoms. The van der Waals surface area contributed by atoms with E-state index in [1.54, 1.807) is 17.1 Å². The van der Waals surface area contributed by atoms with E-state index in [1.165, 1.54) is 0 Å². The summed E-state index contributed by atoms with van der Waals surface area (Å²) in [5.41, 5.74) is 5.38. The SMILES string of the molecule is Nc1nnc(C(=O)NCCCn2ccnn2)s1. The number of hydrogen-bond donors (Lipinski definition) is 2. The van der Waals surface area contributed by atoms with E-state index in [2.05, 4.69) is 25.8 Å². The average molecular weight is 253 g/mol. The van der Waals surface area contributed by atoms with Gasteiger partial charge in [0, 0.05) is 19.3 Å². The van der Waals surface area contributed by atoms with Crippen molar-refractivity contribution in [3.05, 3.63) is 17.4 Å². The molecule has 90 valence electrons. The fraction of sp³-hybridized carbons (Fsp3) is 0.375. The van der Waals surface area contributed by atoms with E-state index < -0.39 is 0 Å². The highest BCUT2D eigenvalue weighted by Gasteiger charge is 2.10. The number of nitrogen functional groups attached to an aromatic ring is 1. The summed E-state index contributed by atoms with van der Waals surface area (Å²) in [6.45, 7) is 1.25. The maximum absolute atomic E-state index is 11.5. The summed E-state index contributed by atoms with van der Waals surface area (Å²) >= 11 is 1.07. The lowest BCUT2D eigenvalue weighted by Gasteiger charge is -2.02. The molecular weight excluding hydrogens is 242 g/mol. The van der Waals surface area contributed by atoms with E-state index in [0.29, 0.717) is 13.1 Å². The molecule has 3 N–H and O–H groups in total. The zero-order valence-corrected chi connectivity index (χ0v) is 9.72. The van der Waals surface area contributed by atoms with E-state index in [9.17, 15) is 4.79 Å². The third-order valence-electron chi connectivity index (χ3n) is 1.96. The summed E-state index contributed by atoms with van der Waals surface area (Å²) in [5, 5.41) is 18.0. The largest absolute Gasteiger partial charge is 0.374 e. The molecule has 2 aromatic rings. The van der Waals surface area contributed by atoms with Gasteiger partial charge >= 0.3 is 0 Å². The molecule has 0 aliphatic carbocycles. The summed E-state index contributed by atoms with van der Waals surface area (Å²) in [6, 6.07) is 0. The Labute approximate surface area is 101 Å². The molecule has 2 heterocycles. The molecule has 0 aromatic carbocycles. The zero-order valence-electron chi connectivity index (χ0n) is 8.91. The first-order chi connectivity index (χ1) is 8.25. The minimum Gasteiger partial charge on any atom is -0.374 e. The second-order valence-corrected chi connectivity index (χ2v) is 4.23. The second-order valence-electron chi connectivity index (χ2n) is 3.22. The van der Waals surface area contributed by atoms with Crippen LogP contribution in [0.4, 0.5) is 5.13 Å². The van der Waals surface area contributed by atoms with Gasteiger partial charge in [0.1, 0.15) is 0 Å². The number of nitrogens with one attached hydrogen (secondary N) is 1. The van der Waals surface area contributed by atoms with Gasteiger partial charge in [0.25, 0.3) is 5.91 Å². The van der Waals surface area contributed by atoms with Crippen molar-refractivity contribution in [3.63, 3.8) is 0 Å². The summed E-state index contributed by atoms with van der Waals surface area (Å²) in [4.78, 5) is 11.5. The van der Waals surface area contributed by atoms with Crippen molar-refractivity contribution in [2.75, 3.05) is 12.3 Å². The van der Waals surface area contributed by atoms with Gasteiger partial charge < -0.3 is 11.1 Å². The molecule has 1 amide bonds. The van der Waals surface area contributed by atoms with Crippen LogP contribution in [-0.4, -0.2) is 37.6 Å². The molecule has 8 nitrogen and oxygen atoms in total. The Morgan fingerprint density at radius 3 is 3.06 bits per heavy atom. The van der Waals surface area contributed by atoms with Crippen LogP contribution in [0.3, 0.4) is 0 Å². The van der Waals surface area contributed by atoms with E-state index in [-0.39, 0.29) is 16.0 Å². The predicted molar refractivity (Wildman–Crippen MR) is 61.3 cm³/mol. The number of amides is 1.